The number of hydrogen-bond donors (Lipinski definition) is 1. The summed E-state index contributed by atoms with van der Waals surface area (Å²) in [5.41, 5.74) is 2.57. The van der Waals surface area contributed by atoms with Gasteiger partial charge in [0.05, 0.1) is 12.9 Å². The Balaban J connectivity index is 2.13. The Hall–Kier alpha value is -3.58. The summed E-state index contributed by atoms with van der Waals surface area (Å²) in [5.74, 6) is -1.37. The zero-order valence-corrected chi connectivity index (χ0v) is 25.0. The molecule has 3 rings (SSSR count). The van der Waals surface area contributed by atoms with Crippen molar-refractivity contribution in [1.82, 2.24) is 19.5 Å². The van der Waals surface area contributed by atoms with Crippen LogP contribution < -0.4 is 9.50 Å². The minimum absolute atomic E-state index is 0.0468. The Bertz CT molecular complexity index is 1470. The number of amides is 1. The minimum atomic E-state index is -4.42. The van der Waals surface area contributed by atoms with E-state index in [1.165, 1.54) is 24.7 Å². The zero-order chi connectivity index (χ0) is 29.8. The number of imidazole rings is 1. The van der Waals surface area contributed by atoms with Crippen LogP contribution in [0.3, 0.4) is 0 Å². The molecule has 1 aromatic carbocycles. The molecule has 12 nitrogen and oxygen atoms in total. The Kier molecular flexibility index (Phi) is 9.85. The molecule has 13 heteroatoms. The van der Waals surface area contributed by atoms with Crippen molar-refractivity contribution >= 4 is 39.1 Å². The number of nitrogens with zero attached hydrogens (tertiary/aromatic N) is 4. The van der Waals surface area contributed by atoms with Gasteiger partial charge in [-0.05, 0) is 34.4 Å². The lowest BCUT2D eigenvalue weighted by atomic mass is 9.89. The van der Waals surface area contributed by atoms with Gasteiger partial charge in [0.25, 0.3) is 5.88 Å². The first-order chi connectivity index (χ1) is 18.7. The summed E-state index contributed by atoms with van der Waals surface area (Å²) in [6.07, 6.45) is 1.39. The molecular formula is C27H37N5O7S. The lowest BCUT2D eigenvalue weighted by molar-refractivity contribution is -0.142. The number of benzene rings is 1. The second-order valence-electron chi connectivity index (χ2n) is 10.3. The van der Waals surface area contributed by atoms with E-state index in [0.717, 1.165) is 5.56 Å². The van der Waals surface area contributed by atoms with Gasteiger partial charge in [-0.25, -0.2) is 4.98 Å². The number of ether oxygens (including phenoxy) is 2. The molecule has 0 aliphatic heterocycles. The fourth-order valence-corrected chi connectivity index (χ4v) is 5.62. The Morgan fingerprint density at radius 3 is 2.10 bits per heavy atom. The molecule has 0 radical (unpaired) electrons. The minimum Gasteiger partial charge on any atom is -0.463 e. The summed E-state index contributed by atoms with van der Waals surface area (Å²) in [7, 11) is -4.42. The molecule has 40 heavy (non-hydrogen) atoms. The van der Waals surface area contributed by atoms with Gasteiger partial charge in [-0.2, -0.15) is 18.4 Å². The van der Waals surface area contributed by atoms with Crippen LogP contribution in [0.15, 0.2) is 23.4 Å². The van der Waals surface area contributed by atoms with Crippen molar-refractivity contribution in [3.8, 4) is 5.88 Å². The van der Waals surface area contributed by atoms with Crippen molar-refractivity contribution in [2.24, 2.45) is 0 Å². The third-order valence-electron chi connectivity index (χ3n) is 6.01. The number of carbonyl (C=O) groups is 2. The maximum absolute atomic E-state index is 14.0. The largest absolute Gasteiger partial charge is 0.463 e. The highest BCUT2D eigenvalue weighted by molar-refractivity contribution is 7.87. The van der Waals surface area contributed by atoms with Crippen LogP contribution in [-0.2, 0) is 35.9 Å². The van der Waals surface area contributed by atoms with E-state index in [0.29, 0.717) is 11.1 Å². The summed E-state index contributed by atoms with van der Waals surface area (Å²) < 4.78 is 45.7. The van der Waals surface area contributed by atoms with E-state index in [2.05, 4.69) is 34.1 Å². The average molecular weight is 576 g/mol. The van der Waals surface area contributed by atoms with Gasteiger partial charge in [-0.3, -0.25) is 14.9 Å². The number of hydrogen-bond acceptors (Lipinski definition) is 10. The predicted octanol–water partition coefficient (Wildman–Crippen LogP) is 4.46. The van der Waals surface area contributed by atoms with Crippen LogP contribution in [0.1, 0.15) is 89.8 Å². The van der Waals surface area contributed by atoms with Crippen LogP contribution in [0.2, 0.25) is 0 Å². The van der Waals surface area contributed by atoms with Crippen molar-refractivity contribution in [2.75, 3.05) is 18.5 Å². The van der Waals surface area contributed by atoms with E-state index in [-0.39, 0.29) is 65.6 Å². The topological polar surface area (TPSA) is 152 Å². The number of aromatic nitrogens is 4. The van der Waals surface area contributed by atoms with Gasteiger partial charge in [-0.15, -0.1) is 0 Å². The molecule has 1 N–H and O–H groups in total. The molecule has 2 heterocycles. The summed E-state index contributed by atoms with van der Waals surface area (Å²) in [6, 6.07) is 3.83. The van der Waals surface area contributed by atoms with Crippen molar-refractivity contribution in [1.29, 1.82) is 0 Å². The van der Waals surface area contributed by atoms with Gasteiger partial charge in [-0.1, -0.05) is 53.7 Å². The monoisotopic (exact) mass is 575 g/mol. The first-order valence-corrected chi connectivity index (χ1v) is 14.5. The molecule has 0 saturated carbocycles. The molecule has 0 fully saturated rings. The summed E-state index contributed by atoms with van der Waals surface area (Å²) in [4.78, 5) is 35.4. The van der Waals surface area contributed by atoms with Gasteiger partial charge >= 0.3 is 16.1 Å². The second-order valence-corrected chi connectivity index (χ2v) is 11.8. The lowest BCUT2D eigenvalue weighted by Gasteiger charge is -2.22. The fraction of sp³-hybridized carbons (Fsp3) is 0.519. The number of carbonyl (C=O) groups excluding carboxylic acids is 2. The number of anilines is 1. The molecule has 2 aromatic heterocycles. The van der Waals surface area contributed by atoms with Crippen molar-refractivity contribution < 1.29 is 31.7 Å². The number of esters is 1. The highest BCUT2D eigenvalue weighted by atomic mass is 32.2. The SMILES string of the molecule is CC(=O)Nc1nc(OS(=O)(=O)c2c(C(C)C)cc(C(C)C)cc2C(C)C)c2c(ncn2COCCOC(C)=O)n1. The Morgan fingerprint density at radius 1 is 0.950 bits per heavy atom. The molecule has 0 aliphatic carbocycles. The van der Waals surface area contributed by atoms with Gasteiger partial charge in [0, 0.05) is 13.8 Å². The maximum Gasteiger partial charge on any atom is 0.341 e. The first kappa shape index (κ1) is 31.0. The van der Waals surface area contributed by atoms with Crippen LogP contribution in [-0.4, -0.2) is 53.0 Å². The standard InChI is InChI=1S/C27H37N5O7S/c1-15(2)20-11-21(16(3)4)24(22(12-20)17(5)6)40(35,36)39-26-23-25(30-27(31-26)29-18(7)33)28-13-32(23)14-37-9-10-38-19(8)34/h11-13,15-17H,9-10,14H2,1-8H3,(H,29,30,31,33). The average Bonchev–Trinajstić information content (AvgIpc) is 3.25. The first-order valence-electron chi connectivity index (χ1n) is 13.0. The van der Waals surface area contributed by atoms with Crippen LogP contribution in [0.5, 0.6) is 5.88 Å². The third-order valence-corrected chi connectivity index (χ3v) is 7.36. The maximum atomic E-state index is 14.0. The van der Waals surface area contributed by atoms with E-state index >= 15 is 0 Å². The molecule has 0 unspecified atom stereocenters. The Morgan fingerprint density at radius 2 is 1.57 bits per heavy atom. The van der Waals surface area contributed by atoms with Crippen molar-refractivity contribution in [2.45, 2.75) is 84.8 Å². The number of fused-ring (bicyclic) bond motifs is 1. The molecule has 218 valence electrons. The molecule has 0 spiro atoms. The molecule has 3 aromatic rings. The fourth-order valence-electron chi connectivity index (χ4n) is 4.05. The molecular weight excluding hydrogens is 538 g/mol. The van der Waals surface area contributed by atoms with Crippen molar-refractivity contribution in [3.63, 3.8) is 0 Å². The van der Waals surface area contributed by atoms with Crippen LogP contribution in [0.4, 0.5) is 5.95 Å². The van der Waals surface area contributed by atoms with E-state index in [1.807, 2.05) is 39.8 Å². The highest BCUT2D eigenvalue weighted by Crippen LogP contribution is 2.37. The molecule has 1 amide bonds. The Labute approximate surface area is 234 Å². The van der Waals surface area contributed by atoms with Gasteiger partial charge in [0.2, 0.25) is 11.9 Å². The van der Waals surface area contributed by atoms with E-state index < -0.39 is 22.0 Å². The highest BCUT2D eigenvalue weighted by Gasteiger charge is 2.31. The quantitative estimate of drug-likeness (QED) is 0.186. The normalized spacial score (nSPS) is 12.0. The van der Waals surface area contributed by atoms with Crippen LogP contribution >= 0.6 is 0 Å². The van der Waals surface area contributed by atoms with E-state index in [1.54, 1.807) is 0 Å². The van der Waals surface area contributed by atoms with Gasteiger partial charge < -0.3 is 18.2 Å². The summed E-state index contributed by atoms with van der Waals surface area (Å²) in [5, 5.41) is 2.46. The second kappa shape index (κ2) is 12.7. The molecule has 0 atom stereocenters. The summed E-state index contributed by atoms with van der Waals surface area (Å²) >= 11 is 0. The molecule has 0 bridgehead atoms. The molecule has 0 aliphatic rings. The number of nitrogens with one attached hydrogen (secondary N) is 1. The van der Waals surface area contributed by atoms with Gasteiger partial charge in [0.15, 0.2) is 11.2 Å². The smallest absolute Gasteiger partial charge is 0.341 e. The van der Waals surface area contributed by atoms with Crippen LogP contribution in [0.25, 0.3) is 11.2 Å². The third kappa shape index (κ3) is 7.33. The van der Waals surface area contributed by atoms with E-state index in [4.69, 9.17) is 13.7 Å². The van der Waals surface area contributed by atoms with Crippen LogP contribution in [0, 0.1) is 0 Å². The van der Waals surface area contributed by atoms with E-state index in [9.17, 15) is 18.0 Å². The molecule has 0 saturated heterocycles. The van der Waals surface area contributed by atoms with Crippen molar-refractivity contribution in [3.05, 3.63) is 35.2 Å². The number of rotatable bonds is 12. The van der Waals surface area contributed by atoms with Gasteiger partial charge in [0.1, 0.15) is 18.2 Å². The predicted molar refractivity (Wildman–Crippen MR) is 149 cm³/mol. The zero-order valence-electron chi connectivity index (χ0n) is 24.1. The lowest BCUT2D eigenvalue weighted by Crippen LogP contribution is -2.19. The summed E-state index contributed by atoms with van der Waals surface area (Å²) in [6.45, 7) is 14.5.